The largest absolute Gasteiger partial charge is 0.460 e. The molecule has 9 heteroatoms. The van der Waals surface area contributed by atoms with Gasteiger partial charge in [-0.3, -0.25) is 15.0 Å². The zero-order valence-electron chi connectivity index (χ0n) is 24.7. The van der Waals surface area contributed by atoms with Gasteiger partial charge in [-0.25, -0.2) is 9.59 Å². The van der Waals surface area contributed by atoms with Crippen LogP contribution in [0.4, 0.5) is 5.69 Å². The van der Waals surface area contributed by atoms with Gasteiger partial charge in [-0.15, -0.1) is 0 Å². The Balaban J connectivity index is 1.41. The van der Waals surface area contributed by atoms with Crippen molar-refractivity contribution in [3.8, 4) is 0 Å². The number of hydrogen-bond donors (Lipinski definition) is 1. The summed E-state index contributed by atoms with van der Waals surface area (Å²) >= 11 is 0. The molecule has 2 aliphatic heterocycles. The quantitative estimate of drug-likeness (QED) is 0.192. The number of dihydropyridines is 1. The molecule has 0 aliphatic carbocycles. The van der Waals surface area contributed by atoms with E-state index in [2.05, 4.69) is 34.5 Å². The molecule has 3 aromatic rings. The normalized spacial score (nSPS) is 17.5. The van der Waals surface area contributed by atoms with Gasteiger partial charge in [-0.2, -0.15) is 0 Å². The number of benzene rings is 3. The summed E-state index contributed by atoms with van der Waals surface area (Å²) < 4.78 is 11.6. The molecule has 1 N–H and O–H groups in total. The summed E-state index contributed by atoms with van der Waals surface area (Å²) in [4.78, 5) is 40.6. The van der Waals surface area contributed by atoms with Crippen molar-refractivity contribution >= 4 is 17.6 Å². The van der Waals surface area contributed by atoms with E-state index in [1.54, 1.807) is 39.8 Å². The monoisotopic (exact) mass is 581 g/mol. The van der Waals surface area contributed by atoms with E-state index < -0.39 is 28.9 Å². The number of carbonyl (C=O) groups excluding carboxylic acids is 2. The third kappa shape index (κ3) is 6.36. The number of nitro benzene ring substituents is 1. The Kier molecular flexibility index (Phi) is 8.73. The van der Waals surface area contributed by atoms with Gasteiger partial charge < -0.3 is 14.8 Å². The molecule has 43 heavy (non-hydrogen) atoms. The van der Waals surface area contributed by atoms with Gasteiger partial charge in [0.05, 0.1) is 34.1 Å². The minimum absolute atomic E-state index is 0.00950. The van der Waals surface area contributed by atoms with E-state index in [9.17, 15) is 19.7 Å². The van der Waals surface area contributed by atoms with Crippen LogP contribution in [0.1, 0.15) is 56.3 Å². The first-order chi connectivity index (χ1) is 20.6. The summed E-state index contributed by atoms with van der Waals surface area (Å²) in [6.07, 6.45) is -0.768. The Labute approximate surface area is 251 Å². The van der Waals surface area contributed by atoms with Crippen molar-refractivity contribution in [1.29, 1.82) is 0 Å². The third-order valence-corrected chi connectivity index (χ3v) is 7.70. The molecule has 0 spiro atoms. The van der Waals surface area contributed by atoms with Gasteiger partial charge in [-0.05, 0) is 44.4 Å². The number of nitro groups is 1. The van der Waals surface area contributed by atoms with Crippen molar-refractivity contribution in [2.24, 2.45) is 0 Å². The number of hydrogen-bond acceptors (Lipinski definition) is 8. The fraction of sp³-hybridized carbons (Fsp3) is 0.294. The Morgan fingerprint density at radius 3 is 1.95 bits per heavy atom. The lowest BCUT2D eigenvalue weighted by Gasteiger charge is -2.44. The van der Waals surface area contributed by atoms with Crippen LogP contribution < -0.4 is 5.32 Å². The number of nitrogens with one attached hydrogen (secondary N) is 1. The number of ether oxygens (including phenoxy) is 2. The van der Waals surface area contributed by atoms with Crippen molar-refractivity contribution in [3.63, 3.8) is 0 Å². The molecule has 0 amide bonds. The summed E-state index contributed by atoms with van der Waals surface area (Å²) in [5.74, 6) is -2.08. The van der Waals surface area contributed by atoms with E-state index >= 15 is 0 Å². The van der Waals surface area contributed by atoms with Gasteiger partial charge in [0.25, 0.3) is 5.69 Å². The highest BCUT2D eigenvalue weighted by Gasteiger charge is 2.42. The fourth-order valence-corrected chi connectivity index (χ4v) is 5.82. The van der Waals surface area contributed by atoms with E-state index in [1.165, 1.54) is 12.1 Å². The lowest BCUT2D eigenvalue weighted by molar-refractivity contribution is -0.384. The van der Waals surface area contributed by atoms with Crippen LogP contribution in [-0.4, -0.2) is 47.1 Å². The van der Waals surface area contributed by atoms with E-state index in [0.717, 1.165) is 11.1 Å². The highest BCUT2D eigenvalue weighted by Crippen LogP contribution is 2.41. The highest BCUT2D eigenvalue weighted by molar-refractivity contribution is 6.00. The zero-order chi connectivity index (χ0) is 30.7. The number of allylic oxidation sites excluding steroid dienone is 2. The van der Waals surface area contributed by atoms with Gasteiger partial charge in [0.15, 0.2) is 0 Å². The fourth-order valence-electron chi connectivity index (χ4n) is 5.82. The molecule has 0 aromatic heterocycles. The third-order valence-electron chi connectivity index (χ3n) is 7.70. The molecular formula is C34H35N3O6. The summed E-state index contributed by atoms with van der Waals surface area (Å²) in [6, 6.07) is 26.4. The van der Waals surface area contributed by atoms with E-state index in [0.29, 0.717) is 30.0 Å². The van der Waals surface area contributed by atoms with Crippen molar-refractivity contribution < 1.29 is 24.0 Å². The highest BCUT2D eigenvalue weighted by atomic mass is 16.6. The summed E-state index contributed by atoms with van der Waals surface area (Å²) in [5, 5.41) is 14.7. The Morgan fingerprint density at radius 1 is 0.860 bits per heavy atom. The number of nitrogens with zero attached hydrogens (tertiary/aromatic N) is 2. The Morgan fingerprint density at radius 2 is 1.42 bits per heavy atom. The first-order valence-electron chi connectivity index (χ1n) is 14.3. The van der Waals surface area contributed by atoms with E-state index in [-0.39, 0.29) is 29.0 Å². The van der Waals surface area contributed by atoms with Gasteiger partial charge in [0.1, 0.15) is 6.10 Å². The van der Waals surface area contributed by atoms with Crippen LogP contribution in [0.5, 0.6) is 0 Å². The number of carbonyl (C=O) groups is 2. The maximum absolute atomic E-state index is 13.9. The van der Waals surface area contributed by atoms with Gasteiger partial charge in [-0.1, -0.05) is 72.8 Å². The molecule has 5 rings (SSSR count). The molecule has 1 unspecified atom stereocenters. The van der Waals surface area contributed by atoms with Crippen LogP contribution in [-0.2, 0) is 19.1 Å². The maximum Gasteiger partial charge on any atom is 0.337 e. The molecule has 1 saturated heterocycles. The number of esters is 2. The van der Waals surface area contributed by atoms with Gasteiger partial charge in [0.2, 0.25) is 0 Å². The van der Waals surface area contributed by atoms with Crippen LogP contribution in [0.3, 0.4) is 0 Å². The average molecular weight is 582 g/mol. The molecule has 1 atom stereocenters. The lowest BCUT2D eigenvalue weighted by Crippen LogP contribution is -2.54. The smallest absolute Gasteiger partial charge is 0.337 e. The summed E-state index contributed by atoms with van der Waals surface area (Å²) in [5.41, 5.74) is 4.06. The van der Waals surface area contributed by atoms with Gasteiger partial charge in [0, 0.05) is 36.6 Å². The molecule has 9 nitrogen and oxygen atoms in total. The lowest BCUT2D eigenvalue weighted by atomic mass is 9.80. The van der Waals surface area contributed by atoms with Crippen molar-refractivity contribution in [1.82, 2.24) is 10.2 Å². The molecule has 2 aliphatic rings. The first-order valence-corrected chi connectivity index (χ1v) is 14.3. The zero-order valence-corrected chi connectivity index (χ0v) is 24.7. The number of non-ortho nitro benzene ring substituents is 1. The Bertz CT molecular complexity index is 1540. The minimum atomic E-state index is -0.905. The second-order valence-corrected chi connectivity index (χ2v) is 11.1. The van der Waals surface area contributed by atoms with Crippen LogP contribution in [0, 0.1) is 10.1 Å². The molecule has 0 bridgehead atoms. The molecule has 0 saturated carbocycles. The number of likely N-dealkylation sites (tertiary alicyclic amines) is 1. The van der Waals surface area contributed by atoms with Crippen LogP contribution in [0.15, 0.2) is 107 Å². The SMILES string of the molecule is CC1=C(C(=O)OC(C)C)C(c2cccc([N+](=O)[O-])c2)C(C(=O)OC2CN(C(c3ccccc3)c3ccccc3)C2)=C(C)N1. The van der Waals surface area contributed by atoms with Crippen molar-refractivity contribution in [3.05, 3.63) is 134 Å². The van der Waals surface area contributed by atoms with Crippen LogP contribution in [0.25, 0.3) is 0 Å². The predicted octanol–water partition coefficient (Wildman–Crippen LogP) is 5.80. The Hall–Kier alpha value is -4.76. The second kappa shape index (κ2) is 12.6. The molecule has 1 fully saturated rings. The van der Waals surface area contributed by atoms with Crippen molar-refractivity contribution in [2.75, 3.05) is 13.1 Å². The predicted molar refractivity (Wildman–Crippen MR) is 162 cm³/mol. The molecule has 222 valence electrons. The molecule has 0 radical (unpaired) electrons. The minimum Gasteiger partial charge on any atom is -0.460 e. The summed E-state index contributed by atoms with van der Waals surface area (Å²) in [6.45, 7) is 8.00. The van der Waals surface area contributed by atoms with Crippen molar-refractivity contribution in [2.45, 2.75) is 51.9 Å². The van der Waals surface area contributed by atoms with Gasteiger partial charge >= 0.3 is 11.9 Å². The topological polar surface area (TPSA) is 111 Å². The molecule has 2 heterocycles. The summed E-state index contributed by atoms with van der Waals surface area (Å²) in [7, 11) is 0. The van der Waals surface area contributed by atoms with Crippen LogP contribution >= 0.6 is 0 Å². The maximum atomic E-state index is 13.9. The van der Waals surface area contributed by atoms with Crippen LogP contribution in [0.2, 0.25) is 0 Å². The second-order valence-electron chi connectivity index (χ2n) is 11.1. The van der Waals surface area contributed by atoms with E-state index in [1.807, 2.05) is 36.4 Å². The number of rotatable bonds is 9. The first kappa shape index (κ1) is 29.7. The molecule has 3 aromatic carbocycles. The van der Waals surface area contributed by atoms with E-state index in [4.69, 9.17) is 9.47 Å². The standard InChI is InChI=1S/C34H35N3O6/c1-21(2)42-33(38)29-22(3)35-23(4)30(31(29)26-16-11-17-27(18-26)37(40)41)34(39)43-28-19-36(20-28)32(24-12-7-5-8-13-24)25-14-9-6-10-15-25/h5-18,21,28,31-32,35H,19-20H2,1-4H3. The average Bonchev–Trinajstić information content (AvgIpc) is 2.96. The molecular weight excluding hydrogens is 546 g/mol.